The fourth-order valence-electron chi connectivity index (χ4n) is 2.67. The van der Waals surface area contributed by atoms with Crippen molar-refractivity contribution >= 4 is 23.2 Å². The third-order valence-corrected chi connectivity index (χ3v) is 4.53. The Balaban J connectivity index is 1.98. The third-order valence-electron chi connectivity index (χ3n) is 4.28. The maximum Gasteiger partial charge on any atom is 0.255 e. The minimum atomic E-state index is -0.161. The van der Waals surface area contributed by atoms with Crippen LogP contribution in [0.1, 0.15) is 31.9 Å². The lowest BCUT2D eigenvalue weighted by atomic mass is 9.86. The molecular formula is C21H22ClN3O. The molecule has 0 aliphatic rings. The summed E-state index contributed by atoms with van der Waals surface area (Å²) < 4.78 is 0. The molecule has 26 heavy (non-hydrogen) atoms. The first kappa shape index (κ1) is 18.2. The van der Waals surface area contributed by atoms with E-state index in [1.165, 1.54) is 5.56 Å². The molecule has 1 heterocycles. The van der Waals surface area contributed by atoms with Gasteiger partial charge in [0.1, 0.15) is 0 Å². The Labute approximate surface area is 158 Å². The largest absolute Gasteiger partial charge is 0.326 e. The van der Waals surface area contributed by atoms with Gasteiger partial charge in [0.25, 0.3) is 5.56 Å². The second kappa shape index (κ2) is 6.96. The van der Waals surface area contributed by atoms with Crippen molar-refractivity contribution in [3.63, 3.8) is 0 Å². The Morgan fingerprint density at radius 1 is 1.00 bits per heavy atom. The molecule has 3 rings (SSSR count). The van der Waals surface area contributed by atoms with Crippen LogP contribution in [0.15, 0.2) is 53.3 Å². The minimum Gasteiger partial charge on any atom is -0.326 e. The van der Waals surface area contributed by atoms with E-state index in [0.717, 1.165) is 11.3 Å². The summed E-state index contributed by atoms with van der Waals surface area (Å²) in [6, 6.07) is 15.4. The fraction of sp³-hybridized carbons (Fsp3) is 0.238. The summed E-state index contributed by atoms with van der Waals surface area (Å²) in [5.74, 6) is 0.401. The molecule has 0 fully saturated rings. The number of benzene rings is 2. The van der Waals surface area contributed by atoms with Gasteiger partial charge in [-0.2, -0.15) is 0 Å². The number of nitrogens with one attached hydrogen (secondary N) is 2. The molecule has 134 valence electrons. The molecule has 1 aromatic heterocycles. The lowest BCUT2D eigenvalue weighted by Gasteiger charge is -2.19. The summed E-state index contributed by atoms with van der Waals surface area (Å²) in [5.41, 5.74) is 4.14. The van der Waals surface area contributed by atoms with Gasteiger partial charge in [-0.15, -0.1) is 0 Å². The van der Waals surface area contributed by atoms with Crippen LogP contribution in [0.4, 0.5) is 11.6 Å². The zero-order valence-electron chi connectivity index (χ0n) is 15.4. The number of anilines is 2. The van der Waals surface area contributed by atoms with Gasteiger partial charge in [0.05, 0.1) is 5.69 Å². The van der Waals surface area contributed by atoms with Gasteiger partial charge in [0, 0.05) is 21.8 Å². The van der Waals surface area contributed by atoms with E-state index in [9.17, 15) is 4.79 Å². The van der Waals surface area contributed by atoms with Crippen LogP contribution in [0.5, 0.6) is 0 Å². The second-order valence-corrected chi connectivity index (χ2v) is 7.78. The van der Waals surface area contributed by atoms with Crippen LogP contribution in [0, 0.1) is 6.92 Å². The highest BCUT2D eigenvalue weighted by Gasteiger charge is 2.15. The molecule has 0 atom stereocenters. The lowest BCUT2D eigenvalue weighted by Crippen LogP contribution is -2.15. The average molecular weight is 368 g/mol. The SMILES string of the molecule is Cc1c(-c2ccc(C(C)(C)C)cc2)nc(Nc2ccc(Cl)cc2)[nH]c1=O. The highest BCUT2D eigenvalue weighted by atomic mass is 35.5. The van der Waals surface area contributed by atoms with Crippen LogP contribution in [-0.4, -0.2) is 9.97 Å². The first-order valence-corrected chi connectivity index (χ1v) is 8.86. The molecular weight excluding hydrogens is 346 g/mol. The molecule has 0 radical (unpaired) electrons. The molecule has 2 aromatic carbocycles. The molecule has 2 N–H and O–H groups in total. The maximum atomic E-state index is 12.3. The highest BCUT2D eigenvalue weighted by Crippen LogP contribution is 2.27. The van der Waals surface area contributed by atoms with Crippen molar-refractivity contribution in [2.45, 2.75) is 33.1 Å². The van der Waals surface area contributed by atoms with Gasteiger partial charge in [-0.05, 0) is 42.2 Å². The Kier molecular flexibility index (Phi) is 4.88. The van der Waals surface area contributed by atoms with Gasteiger partial charge in [-0.3, -0.25) is 9.78 Å². The molecule has 4 nitrogen and oxygen atoms in total. The zero-order valence-corrected chi connectivity index (χ0v) is 16.1. The number of hydrogen-bond acceptors (Lipinski definition) is 3. The van der Waals surface area contributed by atoms with E-state index < -0.39 is 0 Å². The van der Waals surface area contributed by atoms with E-state index in [1.54, 1.807) is 19.1 Å². The van der Waals surface area contributed by atoms with Crippen molar-refractivity contribution in [1.82, 2.24) is 9.97 Å². The van der Waals surface area contributed by atoms with Crippen molar-refractivity contribution in [1.29, 1.82) is 0 Å². The van der Waals surface area contributed by atoms with E-state index in [4.69, 9.17) is 11.6 Å². The Morgan fingerprint density at radius 3 is 2.19 bits per heavy atom. The molecule has 3 aromatic rings. The standard InChI is InChI=1S/C21H22ClN3O/c1-13-18(14-5-7-15(8-6-14)21(2,3)4)24-20(25-19(13)26)23-17-11-9-16(22)10-12-17/h5-12H,1-4H3,(H2,23,24,25,26). The molecule has 0 spiro atoms. The van der Waals surface area contributed by atoms with Crippen molar-refractivity contribution in [2.24, 2.45) is 0 Å². The summed E-state index contributed by atoms with van der Waals surface area (Å²) in [4.78, 5) is 19.7. The summed E-state index contributed by atoms with van der Waals surface area (Å²) >= 11 is 5.91. The topological polar surface area (TPSA) is 57.8 Å². The smallest absolute Gasteiger partial charge is 0.255 e. The molecule has 0 unspecified atom stereocenters. The maximum absolute atomic E-state index is 12.3. The first-order chi connectivity index (χ1) is 12.2. The first-order valence-electron chi connectivity index (χ1n) is 8.48. The molecule has 0 aliphatic heterocycles. The van der Waals surface area contributed by atoms with E-state index in [0.29, 0.717) is 22.2 Å². The van der Waals surface area contributed by atoms with Gasteiger partial charge >= 0.3 is 0 Å². The third kappa shape index (κ3) is 3.97. The molecule has 5 heteroatoms. The van der Waals surface area contributed by atoms with Crippen molar-refractivity contribution in [2.75, 3.05) is 5.32 Å². The Bertz CT molecular complexity index is 968. The zero-order chi connectivity index (χ0) is 18.9. The molecule has 0 bridgehead atoms. The van der Waals surface area contributed by atoms with E-state index in [1.807, 2.05) is 24.3 Å². The van der Waals surface area contributed by atoms with Crippen LogP contribution in [-0.2, 0) is 5.41 Å². The number of hydrogen-bond donors (Lipinski definition) is 2. The van der Waals surface area contributed by atoms with Gasteiger partial charge in [-0.25, -0.2) is 4.98 Å². The van der Waals surface area contributed by atoms with E-state index in [2.05, 4.69) is 48.2 Å². The van der Waals surface area contributed by atoms with E-state index >= 15 is 0 Å². The van der Waals surface area contributed by atoms with Gasteiger partial charge < -0.3 is 5.32 Å². The van der Waals surface area contributed by atoms with Crippen LogP contribution in [0.25, 0.3) is 11.3 Å². The van der Waals surface area contributed by atoms with Crippen molar-refractivity contribution in [3.8, 4) is 11.3 Å². The molecule has 0 saturated heterocycles. The Hall–Kier alpha value is -2.59. The normalized spacial score (nSPS) is 11.4. The lowest BCUT2D eigenvalue weighted by molar-refractivity contribution is 0.590. The number of H-pyrrole nitrogens is 1. The second-order valence-electron chi connectivity index (χ2n) is 7.35. The predicted octanol–water partition coefficient (Wildman–Crippen LogP) is 5.44. The molecule has 0 saturated carbocycles. The fourth-order valence-corrected chi connectivity index (χ4v) is 2.80. The molecule has 0 aliphatic carbocycles. The van der Waals surface area contributed by atoms with Crippen LogP contribution < -0.4 is 10.9 Å². The van der Waals surface area contributed by atoms with Crippen LogP contribution >= 0.6 is 11.6 Å². The Morgan fingerprint density at radius 2 is 1.62 bits per heavy atom. The minimum absolute atomic E-state index is 0.0798. The van der Waals surface area contributed by atoms with Crippen molar-refractivity contribution < 1.29 is 0 Å². The monoisotopic (exact) mass is 367 g/mol. The summed E-state index contributed by atoms with van der Waals surface area (Å²) in [5, 5.41) is 3.77. The molecule has 0 amide bonds. The number of aromatic nitrogens is 2. The van der Waals surface area contributed by atoms with Gasteiger partial charge in [-0.1, -0.05) is 56.6 Å². The number of rotatable bonds is 3. The van der Waals surface area contributed by atoms with Crippen LogP contribution in [0.3, 0.4) is 0 Å². The average Bonchev–Trinajstić information content (AvgIpc) is 2.59. The van der Waals surface area contributed by atoms with Gasteiger partial charge in [0.2, 0.25) is 5.95 Å². The van der Waals surface area contributed by atoms with Crippen molar-refractivity contribution in [3.05, 3.63) is 75.0 Å². The summed E-state index contributed by atoms with van der Waals surface area (Å²) in [7, 11) is 0. The predicted molar refractivity (Wildman–Crippen MR) is 108 cm³/mol. The number of aromatic amines is 1. The van der Waals surface area contributed by atoms with E-state index in [-0.39, 0.29) is 11.0 Å². The number of nitrogens with zero attached hydrogens (tertiary/aromatic N) is 1. The quantitative estimate of drug-likeness (QED) is 0.648. The summed E-state index contributed by atoms with van der Waals surface area (Å²) in [6.07, 6.45) is 0. The van der Waals surface area contributed by atoms with Crippen LogP contribution in [0.2, 0.25) is 5.02 Å². The van der Waals surface area contributed by atoms with Gasteiger partial charge in [0.15, 0.2) is 0 Å². The summed E-state index contributed by atoms with van der Waals surface area (Å²) in [6.45, 7) is 8.30. The number of halogens is 1. The highest BCUT2D eigenvalue weighted by molar-refractivity contribution is 6.30.